The zero-order chi connectivity index (χ0) is 24.4. The quantitative estimate of drug-likeness (QED) is 0.462. The van der Waals surface area contributed by atoms with E-state index in [1.54, 1.807) is 31.2 Å². The van der Waals surface area contributed by atoms with Gasteiger partial charge in [0.05, 0.1) is 19.8 Å². The maximum atomic E-state index is 14.0. The molecule has 2 aromatic rings. The van der Waals surface area contributed by atoms with Crippen molar-refractivity contribution in [3.63, 3.8) is 0 Å². The number of hydrogen-bond acceptors (Lipinski definition) is 5. The summed E-state index contributed by atoms with van der Waals surface area (Å²) in [5.74, 6) is -1.86. The number of hydrogen-bond donors (Lipinski definition) is 0. The van der Waals surface area contributed by atoms with Crippen LogP contribution in [0.2, 0.25) is 0 Å². The van der Waals surface area contributed by atoms with E-state index in [4.69, 9.17) is 14.2 Å². The second kappa shape index (κ2) is 9.43. The molecule has 0 saturated heterocycles. The monoisotopic (exact) mass is 465 g/mol. The number of halogens is 3. The SMILES string of the molecule is CCC1(C(=O)OC)C(=O)N(COC)c2cccc(C(F)(F)F)c2CC1c1ccc(OC)cc1. The molecule has 1 heterocycles. The Morgan fingerprint density at radius 1 is 1.12 bits per heavy atom. The van der Waals surface area contributed by atoms with Crippen LogP contribution < -0.4 is 9.64 Å². The summed E-state index contributed by atoms with van der Waals surface area (Å²) < 4.78 is 57.4. The van der Waals surface area contributed by atoms with Crippen LogP contribution in [0, 0.1) is 5.41 Å². The number of anilines is 1. The van der Waals surface area contributed by atoms with E-state index in [9.17, 15) is 22.8 Å². The van der Waals surface area contributed by atoms with E-state index in [0.29, 0.717) is 11.3 Å². The summed E-state index contributed by atoms with van der Waals surface area (Å²) in [6.07, 6.45) is -4.83. The lowest BCUT2D eigenvalue weighted by atomic mass is 9.67. The fraction of sp³-hybridized carbons (Fsp3) is 0.417. The number of ether oxygens (including phenoxy) is 3. The van der Waals surface area contributed by atoms with Crippen LogP contribution >= 0.6 is 0 Å². The van der Waals surface area contributed by atoms with Gasteiger partial charge in [-0.15, -0.1) is 0 Å². The number of fused-ring (bicyclic) bond motifs is 1. The molecule has 0 N–H and O–H groups in total. The van der Waals surface area contributed by atoms with Crippen molar-refractivity contribution in [2.75, 3.05) is 33.0 Å². The third kappa shape index (κ3) is 4.17. The van der Waals surface area contributed by atoms with Gasteiger partial charge >= 0.3 is 12.1 Å². The zero-order valence-electron chi connectivity index (χ0n) is 18.9. The number of rotatable bonds is 6. The van der Waals surface area contributed by atoms with Crippen molar-refractivity contribution in [1.29, 1.82) is 0 Å². The number of esters is 1. The predicted octanol–water partition coefficient (Wildman–Crippen LogP) is 4.56. The van der Waals surface area contributed by atoms with Crippen LogP contribution in [-0.2, 0) is 31.7 Å². The van der Waals surface area contributed by atoms with Gasteiger partial charge in [0.1, 0.15) is 12.5 Å². The lowest BCUT2D eigenvalue weighted by molar-refractivity contribution is -0.160. The van der Waals surface area contributed by atoms with Gasteiger partial charge in [0, 0.05) is 18.7 Å². The smallest absolute Gasteiger partial charge is 0.416 e. The molecular formula is C24H26F3NO5. The van der Waals surface area contributed by atoms with Gasteiger partial charge in [0.25, 0.3) is 0 Å². The molecule has 1 aliphatic heterocycles. The van der Waals surface area contributed by atoms with Crippen LogP contribution in [-0.4, -0.2) is 39.9 Å². The molecule has 2 unspecified atom stereocenters. The third-order valence-corrected chi connectivity index (χ3v) is 6.26. The van der Waals surface area contributed by atoms with E-state index >= 15 is 0 Å². The van der Waals surface area contributed by atoms with Crippen LogP contribution in [0.15, 0.2) is 42.5 Å². The number of amides is 1. The highest BCUT2D eigenvalue weighted by atomic mass is 19.4. The minimum atomic E-state index is -4.65. The molecule has 1 aliphatic rings. The second-order valence-corrected chi connectivity index (χ2v) is 7.80. The van der Waals surface area contributed by atoms with E-state index in [0.717, 1.165) is 18.1 Å². The molecule has 0 saturated carbocycles. The van der Waals surface area contributed by atoms with Gasteiger partial charge in [-0.25, -0.2) is 0 Å². The van der Waals surface area contributed by atoms with E-state index in [2.05, 4.69) is 0 Å². The van der Waals surface area contributed by atoms with E-state index < -0.39 is 34.9 Å². The van der Waals surface area contributed by atoms with Crippen LogP contribution in [0.1, 0.15) is 36.0 Å². The highest BCUT2D eigenvalue weighted by Crippen LogP contribution is 2.50. The first kappa shape index (κ1) is 24.6. The molecule has 33 heavy (non-hydrogen) atoms. The minimum Gasteiger partial charge on any atom is -0.497 e. The lowest BCUT2D eigenvalue weighted by Crippen LogP contribution is -2.52. The first-order valence-electron chi connectivity index (χ1n) is 10.4. The Morgan fingerprint density at radius 3 is 2.30 bits per heavy atom. The first-order valence-corrected chi connectivity index (χ1v) is 10.4. The highest BCUT2D eigenvalue weighted by molar-refractivity contribution is 6.12. The van der Waals surface area contributed by atoms with Crippen LogP contribution in [0.25, 0.3) is 0 Å². The molecule has 6 nitrogen and oxygen atoms in total. The minimum absolute atomic E-state index is 0.0186. The van der Waals surface area contributed by atoms with Crippen LogP contribution in [0.4, 0.5) is 18.9 Å². The van der Waals surface area contributed by atoms with E-state index in [-0.39, 0.29) is 30.8 Å². The van der Waals surface area contributed by atoms with Crippen molar-refractivity contribution in [3.05, 3.63) is 59.2 Å². The molecule has 0 radical (unpaired) electrons. The Bertz CT molecular complexity index is 1020. The third-order valence-electron chi connectivity index (χ3n) is 6.26. The van der Waals surface area contributed by atoms with Crippen molar-refractivity contribution < 1.29 is 37.0 Å². The van der Waals surface area contributed by atoms with Gasteiger partial charge in [0.2, 0.25) is 5.91 Å². The normalized spacial score (nSPS) is 20.8. The number of carbonyl (C=O) groups excluding carboxylic acids is 2. The topological polar surface area (TPSA) is 65.1 Å². The van der Waals surface area contributed by atoms with Gasteiger partial charge in [-0.3, -0.25) is 14.5 Å². The average Bonchev–Trinajstić information content (AvgIpc) is 2.91. The number of nitrogens with zero attached hydrogens (tertiary/aromatic N) is 1. The van der Waals surface area contributed by atoms with Crippen molar-refractivity contribution >= 4 is 17.6 Å². The summed E-state index contributed by atoms with van der Waals surface area (Å²) in [4.78, 5) is 28.3. The maximum Gasteiger partial charge on any atom is 0.416 e. The Kier molecular flexibility index (Phi) is 7.02. The summed E-state index contributed by atoms with van der Waals surface area (Å²) in [6.45, 7) is 1.33. The fourth-order valence-corrected chi connectivity index (χ4v) is 4.63. The molecule has 2 atom stereocenters. The Labute approximate surface area is 190 Å². The van der Waals surface area contributed by atoms with Gasteiger partial charge in [-0.2, -0.15) is 13.2 Å². The molecule has 0 aliphatic carbocycles. The summed E-state index contributed by atoms with van der Waals surface area (Å²) >= 11 is 0. The van der Waals surface area contributed by atoms with Crippen molar-refractivity contribution in [3.8, 4) is 5.75 Å². The maximum absolute atomic E-state index is 14.0. The molecule has 9 heteroatoms. The Hall–Kier alpha value is -3.07. The number of benzene rings is 2. The average molecular weight is 465 g/mol. The van der Waals surface area contributed by atoms with Crippen LogP contribution in [0.5, 0.6) is 5.75 Å². The number of carbonyl (C=O) groups is 2. The fourth-order valence-electron chi connectivity index (χ4n) is 4.63. The molecule has 0 aromatic heterocycles. The lowest BCUT2D eigenvalue weighted by Gasteiger charge is -2.37. The van der Waals surface area contributed by atoms with E-state index in [1.165, 1.54) is 26.4 Å². The Balaban J connectivity index is 2.36. The van der Waals surface area contributed by atoms with Gasteiger partial charge in [-0.05, 0) is 48.2 Å². The Morgan fingerprint density at radius 2 is 1.79 bits per heavy atom. The van der Waals surface area contributed by atoms with Gasteiger partial charge < -0.3 is 14.2 Å². The number of alkyl halides is 3. The summed E-state index contributed by atoms with van der Waals surface area (Å²) in [5.41, 5.74) is -2.10. The van der Waals surface area contributed by atoms with Crippen LogP contribution in [0.3, 0.4) is 0 Å². The molecule has 1 amide bonds. The number of methoxy groups -OCH3 is 3. The summed E-state index contributed by atoms with van der Waals surface area (Å²) in [6, 6.07) is 10.3. The molecule has 3 rings (SSSR count). The highest BCUT2D eigenvalue weighted by Gasteiger charge is 2.57. The van der Waals surface area contributed by atoms with Gasteiger partial charge in [0.15, 0.2) is 5.41 Å². The van der Waals surface area contributed by atoms with Crippen molar-refractivity contribution in [2.24, 2.45) is 5.41 Å². The summed E-state index contributed by atoms with van der Waals surface area (Å²) in [5, 5.41) is 0. The zero-order valence-corrected chi connectivity index (χ0v) is 18.9. The standard InChI is InChI=1S/C24H26F3NO5/c1-5-23(22(30)33-4)19(15-9-11-16(32-3)12-10-15)13-17-18(24(25,26)27)7-6-8-20(17)28(14-31-2)21(23)29/h6-12,19H,5,13-14H2,1-4H3. The molecule has 178 valence electrons. The molecule has 2 aromatic carbocycles. The molecule has 0 spiro atoms. The molecular weight excluding hydrogens is 439 g/mol. The van der Waals surface area contributed by atoms with E-state index in [1.807, 2.05) is 0 Å². The largest absolute Gasteiger partial charge is 0.497 e. The summed E-state index contributed by atoms with van der Waals surface area (Å²) in [7, 11) is 3.99. The van der Waals surface area contributed by atoms with Gasteiger partial charge in [-0.1, -0.05) is 25.1 Å². The second-order valence-electron chi connectivity index (χ2n) is 7.80. The van der Waals surface area contributed by atoms with Crippen molar-refractivity contribution in [2.45, 2.75) is 31.9 Å². The predicted molar refractivity (Wildman–Crippen MR) is 115 cm³/mol. The van der Waals surface area contributed by atoms with Crippen molar-refractivity contribution in [1.82, 2.24) is 0 Å². The molecule has 0 fully saturated rings. The molecule has 0 bridgehead atoms. The first-order chi connectivity index (χ1) is 15.6.